The Bertz CT molecular complexity index is 341. The van der Waals surface area contributed by atoms with Crippen LogP contribution in [0.2, 0.25) is 0 Å². The average molecular weight is 243 g/mol. The standard InChI is InChI=1S/C9H17N5O3/c1-10-7(15)5-12-9-14-13-8(17-9)6-11-3-4-16-2/h11H,3-6H2,1-2H3,(H,10,15)(H,12,14). The normalized spacial score (nSPS) is 10.2. The molecule has 0 atom stereocenters. The van der Waals surface area contributed by atoms with Gasteiger partial charge in [0.05, 0.1) is 19.7 Å². The molecule has 0 aromatic carbocycles. The monoisotopic (exact) mass is 243 g/mol. The second kappa shape index (κ2) is 7.58. The Kier molecular flexibility index (Phi) is 5.97. The molecule has 0 fully saturated rings. The quantitative estimate of drug-likeness (QED) is 0.501. The number of nitrogens with zero attached hydrogens (tertiary/aromatic N) is 2. The molecule has 0 aliphatic rings. The molecule has 8 nitrogen and oxygen atoms in total. The van der Waals surface area contributed by atoms with Crippen LogP contribution in [0, 0.1) is 0 Å². The highest BCUT2D eigenvalue weighted by Crippen LogP contribution is 2.03. The number of likely N-dealkylation sites (N-methyl/N-ethyl adjacent to an activating group) is 1. The lowest BCUT2D eigenvalue weighted by atomic mass is 10.6. The van der Waals surface area contributed by atoms with Gasteiger partial charge in [0.2, 0.25) is 11.8 Å². The number of carbonyl (C=O) groups is 1. The Morgan fingerprint density at radius 1 is 1.47 bits per heavy atom. The highest BCUT2D eigenvalue weighted by molar-refractivity contribution is 5.79. The van der Waals surface area contributed by atoms with E-state index in [-0.39, 0.29) is 18.5 Å². The first kappa shape index (κ1) is 13.4. The summed E-state index contributed by atoms with van der Waals surface area (Å²) in [7, 11) is 3.19. The van der Waals surface area contributed by atoms with E-state index in [1.165, 1.54) is 0 Å². The fraction of sp³-hybridized carbons (Fsp3) is 0.667. The van der Waals surface area contributed by atoms with Crippen LogP contribution in [0.3, 0.4) is 0 Å². The predicted molar refractivity (Wildman–Crippen MR) is 60.4 cm³/mol. The molecule has 0 spiro atoms. The van der Waals surface area contributed by atoms with E-state index in [1.54, 1.807) is 14.2 Å². The number of methoxy groups -OCH3 is 1. The van der Waals surface area contributed by atoms with Crippen molar-refractivity contribution >= 4 is 11.9 Å². The summed E-state index contributed by atoms with van der Waals surface area (Å²) in [4.78, 5) is 10.9. The number of aromatic nitrogens is 2. The third kappa shape index (κ3) is 5.27. The van der Waals surface area contributed by atoms with Crippen molar-refractivity contribution < 1.29 is 13.9 Å². The first-order valence-corrected chi connectivity index (χ1v) is 5.22. The van der Waals surface area contributed by atoms with E-state index >= 15 is 0 Å². The lowest BCUT2D eigenvalue weighted by Gasteiger charge is -2.00. The Morgan fingerprint density at radius 3 is 3.00 bits per heavy atom. The van der Waals surface area contributed by atoms with Gasteiger partial charge in [-0.25, -0.2) is 0 Å². The molecule has 1 rings (SSSR count). The molecule has 0 aliphatic heterocycles. The number of hydrogen-bond acceptors (Lipinski definition) is 7. The number of rotatable bonds is 8. The average Bonchev–Trinajstić information content (AvgIpc) is 2.79. The molecule has 17 heavy (non-hydrogen) atoms. The summed E-state index contributed by atoms with van der Waals surface area (Å²) in [6.45, 7) is 1.91. The van der Waals surface area contributed by atoms with Crippen LogP contribution in [0.5, 0.6) is 0 Å². The summed E-state index contributed by atoms with van der Waals surface area (Å²) in [5.41, 5.74) is 0. The fourth-order valence-corrected chi connectivity index (χ4v) is 1.01. The first-order valence-electron chi connectivity index (χ1n) is 5.22. The summed E-state index contributed by atoms with van der Waals surface area (Å²) in [5, 5.41) is 15.8. The number of nitrogens with one attached hydrogen (secondary N) is 3. The molecular formula is C9H17N5O3. The number of carbonyl (C=O) groups excluding carboxylic acids is 1. The molecule has 0 saturated carbocycles. The maximum absolute atomic E-state index is 10.9. The lowest BCUT2D eigenvalue weighted by molar-refractivity contribution is -0.118. The molecule has 1 amide bonds. The topological polar surface area (TPSA) is 101 Å². The van der Waals surface area contributed by atoms with Gasteiger partial charge in [-0.3, -0.25) is 4.79 Å². The van der Waals surface area contributed by atoms with Gasteiger partial charge in [0.15, 0.2) is 0 Å². The van der Waals surface area contributed by atoms with Crippen molar-refractivity contribution in [1.82, 2.24) is 20.8 Å². The van der Waals surface area contributed by atoms with Gasteiger partial charge >= 0.3 is 6.01 Å². The predicted octanol–water partition coefficient (Wildman–Crippen LogP) is -1.04. The molecule has 0 radical (unpaired) electrons. The molecular weight excluding hydrogens is 226 g/mol. The zero-order valence-corrected chi connectivity index (χ0v) is 9.95. The molecule has 1 aromatic heterocycles. The maximum atomic E-state index is 10.9. The minimum Gasteiger partial charge on any atom is -0.407 e. The van der Waals surface area contributed by atoms with E-state index in [0.717, 1.165) is 0 Å². The van der Waals surface area contributed by atoms with Crippen LogP contribution in [-0.2, 0) is 16.1 Å². The summed E-state index contributed by atoms with van der Waals surface area (Å²) in [5.74, 6) is 0.309. The summed E-state index contributed by atoms with van der Waals surface area (Å²) in [6.07, 6.45) is 0. The van der Waals surface area contributed by atoms with Crippen molar-refractivity contribution in [3.8, 4) is 0 Å². The maximum Gasteiger partial charge on any atom is 0.315 e. The Morgan fingerprint density at radius 2 is 2.29 bits per heavy atom. The van der Waals surface area contributed by atoms with E-state index in [1.807, 2.05) is 0 Å². The zero-order valence-electron chi connectivity index (χ0n) is 9.95. The molecule has 0 bridgehead atoms. The van der Waals surface area contributed by atoms with Crippen molar-refractivity contribution in [1.29, 1.82) is 0 Å². The minimum atomic E-state index is -0.150. The molecule has 8 heteroatoms. The molecule has 1 aromatic rings. The molecule has 1 heterocycles. The van der Waals surface area contributed by atoms with Crippen LogP contribution in [0.1, 0.15) is 5.89 Å². The molecule has 3 N–H and O–H groups in total. The third-order valence-electron chi connectivity index (χ3n) is 1.91. The Balaban J connectivity index is 2.25. The van der Waals surface area contributed by atoms with E-state index in [4.69, 9.17) is 9.15 Å². The number of ether oxygens (including phenoxy) is 1. The van der Waals surface area contributed by atoms with Crippen LogP contribution >= 0.6 is 0 Å². The van der Waals surface area contributed by atoms with E-state index in [9.17, 15) is 4.79 Å². The minimum absolute atomic E-state index is 0.106. The van der Waals surface area contributed by atoms with Crippen LogP contribution in [-0.4, -0.2) is 50.0 Å². The van der Waals surface area contributed by atoms with E-state index < -0.39 is 0 Å². The van der Waals surface area contributed by atoms with Gasteiger partial charge in [-0.05, 0) is 0 Å². The Labute approximate surface area is 99.1 Å². The number of amides is 1. The fourth-order valence-electron chi connectivity index (χ4n) is 1.01. The van der Waals surface area contributed by atoms with Crippen molar-refractivity contribution in [2.75, 3.05) is 39.2 Å². The number of anilines is 1. The van der Waals surface area contributed by atoms with Gasteiger partial charge in [0.1, 0.15) is 0 Å². The molecule has 0 aliphatic carbocycles. The largest absolute Gasteiger partial charge is 0.407 e. The first-order chi connectivity index (χ1) is 8.26. The van der Waals surface area contributed by atoms with E-state index in [0.29, 0.717) is 25.6 Å². The number of hydrogen-bond donors (Lipinski definition) is 3. The van der Waals surface area contributed by atoms with Gasteiger partial charge in [-0.1, -0.05) is 5.10 Å². The van der Waals surface area contributed by atoms with Gasteiger partial charge in [0, 0.05) is 20.7 Å². The highest BCUT2D eigenvalue weighted by Gasteiger charge is 2.06. The van der Waals surface area contributed by atoms with Gasteiger partial charge in [0.25, 0.3) is 0 Å². The van der Waals surface area contributed by atoms with Crippen molar-refractivity contribution in [3.63, 3.8) is 0 Å². The van der Waals surface area contributed by atoms with Gasteiger partial charge < -0.3 is 25.1 Å². The van der Waals surface area contributed by atoms with Crippen molar-refractivity contribution in [3.05, 3.63) is 5.89 Å². The van der Waals surface area contributed by atoms with Crippen LogP contribution in [0.15, 0.2) is 4.42 Å². The SMILES string of the molecule is CNC(=O)CNc1nnc(CNCCOC)o1. The summed E-state index contributed by atoms with van der Waals surface area (Å²) < 4.78 is 10.1. The third-order valence-corrected chi connectivity index (χ3v) is 1.91. The Hall–Kier alpha value is -1.67. The molecule has 0 saturated heterocycles. The zero-order chi connectivity index (χ0) is 12.5. The van der Waals surface area contributed by atoms with Crippen molar-refractivity contribution in [2.24, 2.45) is 0 Å². The second-order valence-electron chi connectivity index (χ2n) is 3.20. The summed E-state index contributed by atoms with van der Waals surface area (Å²) in [6, 6.07) is 0.233. The van der Waals surface area contributed by atoms with Gasteiger partial charge in [-0.2, -0.15) is 0 Å². The van der Waals surface area contributed by atoms with Crippen molar-refractivity contribution in [2.45, 2.75) is 6.54 Å². The highest BCUT2D eigenvalue weighted by atomic mass is 16.5. The summed E-state index contributed by atoms with van der Waals surface area (Å²) >= 11 is 0. The molecule has 96 valence electrons. The van der Waals surface area contributed by atoms with Crippen LogP contribution in [0.25, 0.3) is 0 Å². The van der Waals surface area contributed by atoms with E-state index in [2.05, 4.69) is 26.1 Å². The molecule has 0 unspecified atom stereocenters. The van der Waals surface area contributed by atoms with Crippen LogP contribution in [0.4, 0.5) is 6.01 Å². The smallest absolute Gasteiger partial charge is 0.315 e. The van der Waals surface area contributed by atoms with Gasteiger partial charge in [-0.15, -0.1) is 5.10 Å². The lowest BCUT2D eigenvalue weighted by Crippen LogP contribution is -2.26. The second-order valence-corrected chi connectivity index (χ2v) is 3.20. The van der Waals surface area contributed by atoms with Crippen LogP contribution < -0.4 is 16.0 Å².